The summed E-state index contributed by atoms with van der Waals surface area (Å²) in [5.41, 5.74) is 1.21. The molecule has 1 aromatic rings. The smallest absolute Gasteiger partial charge is 0.254 e. The average Bonchev–Trinajstić information content (AvgIpc) is 2.92. The molecular weight excluding hydrogens is 319 g/mol. The van der Waals surface area contributed by atoms with Crippen LogP contribution in [0.2, 0.25) is 0 Å². The quantitative estimate of drug-likeness (QED) is 0.824. The second-order valence-electron chi connectivity index (χ2n) is 7.27. The molecule has 2 aliphatic rings. The number of amides is 2. The summed E-state index contributed by atoms with van der Waals surface area (Å²) in [4.78, 5) is 29.2. The third kappa shape index (κ3) is 4.20. The summed E-state index contributed by atoms with van der Waals surface area (Å²) in [7, 11) is 0. The molecule has 0 spiro atoms. The minimum atomic E-state index is -0.389. The highest BCUT2D eigenvalue weighted by Gasteiger charge is 2.31. The highest BCUT2D eigenvalue weighted by molar-refractivity contribution is 5.95. The van der Waals surface area contributed by atoms with E-state index in [4.69, 9.17) is 0 Å². The van der Waals surface area contributed by atoms with Crippen molar-refractivity contribution in [1.29, 1.82) is 0 Å². The van der Waals surface area contributed by atoms with Crippen LogP contribution in [0.5, 0.6) is 0 Å². The van der Waals surface area contributed by atoms with Crippen LogP contribution in [0.25, 0.3) is 0 Å². The summed E-state index contributed by atoms with van der Waals surface area (Å²) >= 11 is 0. The van der Waals surface area contributed by atoms with E-state index < -0.39 is 0 Å². The third-order valence-electron chi connectivity index (χ3n) is 5.48. The lowest BCUT2D eigenvalue weighted by molar-refractivity contribution is -0.136. The van der Waals surface area contributed by atoms with E-state index in [-0.39, 0.29) is 23.5 Å². The van der Waals surface area contributed by atoms with E-state index in [1.54, 1.807) is 11.0 Å². The molecule has 2 saturated heterocycles. The van der Waals surface area contributed by atoms with Crippen LogP contribution in [0, 0.1) is 18.7 Å². The predicted octanol–water partition coefficient (Wildman–Crippen LogP) is 3.39. The van der Waals surface area contributed by atoms with Crippen molar-refractivity contribution in [2.24, 2.45) is 5.92 Å². The van der Waals surface area contributed by atoms with E-state index in [1.165, 1.54) is 25.0 Å². The van der Waals surface area contributed by atoms with Gasteiger partial charge in [0, 0.05) is 37.7 Å². The van der Waals surface area contributed by atoms with E-state index in [0.29, 0.717) is 31.5 Å². The SMILES string of the molecule is Cc1ccc(F)cc1C(=O)N1CCC(C(=O)N2CCCCCC2)CC1. The summed E-state index contributed by atoms with van der Waals surface area (Å²) in [5.74, 6) is -0.232. The fourth-order valence-electron chi connectivity index (χ4n) is 3.87. The van der Waals surface area contributed by atoms with Gasteiger partial charge in [-0.25, -0.2) is 4.39 Å². The van der Waals surface area contributed by atoms with Crippen LogP contribution in [-0.4, -0.2) is 47.8 Å². The molecule has 0 radical (unpaired) electrons. The van der Waals surface area contributed by atoms with Gasteiger partial charge < -0.3 is 9.80 Å². The number of aryl methyl sites for hydroxylation is 1. The minimum absolute atomic E-state index is 0.0238. The van der Waals surface area contributed by atoms with Crippen molar-refractivity contribution >= 4 is 11.8 Å². The summed E-state index contributed by atoms with van der Waals surface area (Å²) in [6.07, 6.45) is 6.03. The number of rotatable bonds is 2. The van der Waals surface area contributed by atoms with Gasteiger partial charge in [0.2, 0.25) is 5.91 Å². The van der Waals surface area contributed by atoms with Crippen LogP contribution in [0.4, 0.5) is 4.39 Å². The van der Waals surface area contributed by atoms with Gasteiger partial charge in [-0.2, -0.15) is 0 Å². The molecule has 0 saturated carbocycles. The second-order valence-corrected chi connectivity index (χ2v) is 7.27. The van der Waals surface area contributed by atoms with E-state index in [1.807, 2.05) is 11.8 Å². The molecule has 2 amide bonds. The monoisotopic (exact) mass is 346 g/mol. The Morgan fingerprint density at radius 3 is 2.24 bits per heavy atom. The normalized spacial score (nSPS) is 19.6. The molecule has 2 heterocycles. The number of hydrogen-bond donors (Lipinski definition) is 0. The second kappa shape index (κ2) is 7.98. The zero-order chi connectivity index (χ0) is 17.8. The van der Waals surface area contributed by atoms with Crippen LogP contribution < -0.4 is 0 Å². The molecule has 2 aliphatic heterocycles. The van der Waals surface area contributed by atoms with Crippen LogP contribution in [-0.2, 0) is 4.79 Å². The first-order valence-electron chi connectivity index (χ1n) is 9.40. The lowest BCUT2D eigenvalue weighted by Gasteiger charge is -2.34. The fraction of sp³-hybridized carbons (Fsp3) is 0.600. The zero-order valence-corrected chi connectivity index (χ0v) is 15.0. The fourth-order valence-corrected chi connectivity index (χ4v) is 3.87. The number of piperidine rings is 1. The number of halogens is 1. The van der Waals surface area contributed by atoms with E-state index >= 15 is 0 Å². The summed E-state index contributed by atoms with van der Waals surface area (Å²) in [6.45, 7) is 4.71. The Hall–Kier alpha value is -1.91. The van der Waals surface area contributed by atoms with Gasteiger partial charge in [-0.3, -0.25) is 9.59 Å². The Labute approximate surface area is 149 Å². The maximum Gasteiger partial charge on any atom is 0.254 e. The number of hydrogen-bond acceptors (Lipinski definition) is 2. The van der Waals surface area contributed by atoms with Crippen molar-refractivity contribution in [3.63, 3.8) is 0 Å². The maximum atomic E-state index is 13.5. The summed E-state index contributed by atoms with van der Waals surface area (Å²) in [5, 5.41) is 0. The average molecular weight is 346 g/mol. The Balaban J connectivity index is 1.58. The van der Waals surface area contributed by atoms with Crippen molar-refractivity contribution in [3.05, 3.63) is 35.1 Å². The van der Waals surface area contributed by atoms with E-state index in [9.17, 15) is 14.0 Å². The number of carbonyl (C=O) groups is 2. The molecule has 3 rings (SSSR count). The topological polar surface area (TPSA) is 40.6 Å². The molecule has 4 nitrogen and oxygen atoms in total. The van der Waals surface area contributed by atoms with Gasteiger partial charge in [0.15, 0.2) is 0 Å². The van der Waals surface area contributed by atoms with E-state index in [0.717, 1.165) is 31.5 Å². The third-order valence-corrected chi connectivity index (χ3v) is 5.48. The molecule has 136 valence electrons. The van der Waals surface area contributed by atoms with Crippen molar-refractivity contribution in [1.82, 2.24) is 9.80 Å². The van der Waals surface area contributed by atoms with Gasteiger partial charge in [-0.1, -0.05) is 18.9 Å². The molecule has 2 fully saturated rings. The van der Waals surface area contributed by atoms with Crippen molar-refractivity contribution in [2.75, 3.05) is 26.2 Å². The number of likely N-dealkylation sites (tertiary alicyclic amines) is 2. The molecule has 0 aromatic heterocycles. The van der Waals surface area contributed by atoms with E-state index in [2.05, 4.69) is 0 Å². The predicted molar refractivity (Wildman–Crippen MR) is 94.8 cm³/mol. The number of nitrogens with zero attached hydrogens (tertiary/aromatic N) is 2. The molecule has 0 atom stereocenters. The van der Waals surface area contributed by atoms with Crippen molar-refractivity contribution in [3.8, 4) is 0 Å². The first-order valence-corrected chi connectivity index (χ1v) is 9.40. The zero-order valence-electron chi connectivity index (χ0n) is 15.0. The molecule has 0 bridgehead atoms. The maximum absolute atomic E-state index is 13.5. The first kappa shape index (κ1) is 17.9. The van der Waals surface area contributed by atoms with Gasteiger partial charge in [-0.05, 0) is 50.3 Å². The lowest BCUT2D eigenvalue weighted by Crippen LogP contribution is -2.44. The highest BCUT2D eigenvalue weighted by atomic mass is 19.1. The molecule has 0 N–H and O–H groups in total. The van der Waals surface area contributed by atoms with Crippen molar-refractivity contribution in [2.45, 2.75) is 45.4 Å². The Bertz CT molecular complexity index is 631. The van der Waals surface area contributed by atoms with Crippen LogP contribution in [0.1, 0.15) is 54.4 Å². The lowest BCUT2D eigenvalue weighted by atomic mass is 9.94. The molecule has 0 unspecified atom stereocenters. The molecular formula is C20H27FN2O2. The minimum Gasteiger partial charge on any atom is -0.342 e. The summed E-state index contributed by atoms with van der Waals surface area (Å²) < 4.78 is 13.5. The van der Waals surface area contributed by atoms with Gasteiger partial charge in [-0.15, -0.1) is 0 Å². The van der Waals surface area contributed by atoms with Crippen LogP contribution in [0.3, 0.4) is 0 Å². The van der Waals surface area contributed by atoms with Gasteiger partial charge in [0.25, 0.3) is 5.91 Å². The number of carbonyl (C=O) groups excluding carboxylic acids is 2. The Morgan fingerprint density at radius 1 is 0.960 bits per heavy atom. The largest absolute Gasteiger partial charge is 0.342 e. The highest BCUT2D eigenvalue weighted by Crippen LogP contribution is 2.23. The van der Waals surface area contributed by atoms with Crippen LogP contribution in [0.15, 0.2) is 18.2 Å². The standard InChI is InChI=1S/C20H27FN2O2/c1-15-6-7-17(21)14-18(15)20(25)23-12-8-16(9-13-23)19(24)22-10-4-2-3-5-11-22/h6-7,14,16H,2-5,8-13H2,1H3. The van der Waals surface area contributed by atoms with Gasteiger partial charge in [0.05, 0.1) is 0 Å². The molecule has 1 aromatic carbocycles. The number of benzene rings is 1. The molecule has 0 aliphatic carbocycles. The molecule has 25 heavy (non-hydrogen) atoms. The van der Waals surface area contributed by atoms with Gasteiger partial charge >= 0.3 is 0 Å². The Kier molecular flexibility index (Phi) is 5.71. The van der Waals surface area contributed by atoms with Gasteiger partial charge in [0.1, 0.15) is 5.82 Å². The Morgan fingerprint density at radius 2 is 1.60 bits per heavy atom. The molecule has 5 heteroatoms. The summed E-state index contributed by atoms with van der Waals surface area (Å²) in [6, 6.07) is 4.32. The first-order chi connectivity index (χ1) is 12.1. The van der Waals surface area contributed by atoms with Crippen LogP contribution >= 0.6 is 0 Å². The van der Waals surface area contributed by atoms with Crippen molar-refractivity contribution < 1.29 is 14.0 Å².